The molecule has 6 heteroatoms. The van der Waals surface area contributed by atoms with Gasteiger partial charge in [-0.15, -0.1) is 0 Å². The van der Waals surface area contributed by atoms with Gasteiger partial charge in [-0.3, -0.25) is 4.90 Å². The summed E-state index contributed by atoms with van der Waals surface area (Å²) in [6.45, 7) is 4.97. The largest absolute Gasteiger partial charge is 0.379 e. The number of hydrogen-bond acceptors (Lipinski definition) is 3. The number of nitrogens with zero attached hydrogens (tertiary/aromatic N) is 1. The fraction of sp³-hybridized carbons (Fsp3) is 0.381. The van der Waals surface area contributed by atoms with E-state index in [0.29, 0.717) is 6.54 Å². The van der Waals surface area contributed by atoms with Crippen LogP contribution in [0.2, 0.25) is 0 Å². The van der Waals surface area contributed by atoms with Crippen molar-refractivity contribution >= 4 is 11.7 Å². The van der Waals surface area contributed by atoms with Gasteiger partial charge in [0.05, 0.1) is 13.2 Å². The number of anilines is 1. The van der Waals surface area contributed by atoms with E-state index < -0.39 is 0 Å². The van der Waals surface area contributed by atoms with Gasteiger partial charge in [-0.05, 0) is 48.2 Å². The Kier molecular flexibility index (Phi) is 7.19. The molecule has 27 heavy (non-hydrogen) atoms. The minimum Gasteiger partial charge on any atom is -0.379 e. The van der Waals surface area contributed by atoms with Crippen LogP contribution < -0.4 is 10.6 Å². The molecule has 2 amide bonds. The van der Waals surface area contributed by atoms with Crippen LogP contribution in [0.3, 0.4) is 0 Å². The molecular formula is C21H26FN3O2. The van der Waals surface area contributed by atoms with Crippen LogP contribution in [-0.2, 0) is 17.7 Å². The van der Waals surface area contributed by atoms with Gasteiger partial charge in [0, 0.05) is 31.9 Å². The average Bonchev–Trinajstić information content (AvgIpc) is 2.69. The van der Waals surface area contributed by atoms with Crippen molar-refractivity contribution in [3.05, 3.63) is 65.5 Å². The lowest BCUT2D eigenvalue weighted by Gasteiger charge is -2.26. The maximum Gasteiger partial charge on any atom is 0.319 e. The third-order valence-electron chi connectivity index (χ3n) is 4.56. The molecule has 3 rings (SSSR count). The predicted octanol–water partition coefficient (Wildman–Crippen LogP) is 3.41. The van der Waals surface area contributed by atoms with E-state index in [0.717, 1.165) is 56.9 Å². The summed E-state index contributed by atoms with van der Waals surface area (Å²) in [4.78, 5) is 14.3. The average molecular weight is 371 g/mol. The minimum absolute atomic E-state index is 0.213. The van der Waals surface area contributed by atoms with Gasteiger partial charge in [0.2, 0.25) is 0 Å². The lowest BCUT2D eigenvalue weighted by atomic mass is 10.1. The number of benzene rings is 2. The van der Waals surface area contributed by atoms with Crippen molar-refractivity contribution in [1.82, 2.24) is 10.2 Å². The smallest absolute Gasteiger partial charge is 0.319 e. The van der Waals surface area contributed by atoms with Crippen LogP contribution in [0.1, 0.15) is 17.5 Å². The molecule has 0 bridgehead atoms. The minimum atomic E-state index is -0.229. The van der Waals surface area contributed by atoms with Gasteiger partial charge in [-0.1, -0.05) is 24.3 Å². The summed E-state index contributed by atoms with van der Waals surface area (Å²) in [6.07, 6.45) is 1.61. The Labute approximate surface area is 159 Å². The molecule has 0 unspecified atom stereocenters. The SMILES string of the molecule is O=C(NCCCc1ccc(F)cc1)Nc1ccc(CN2CCOCC2)cc1. The van der Waals surface area contributed by atoms with Crippen LogP contribution in [0.5, 0.6) is 0 Å². The van der Waals surface area contributed by atoms with Crippen LogP contribution in [0.25, 0.3) is 0 Å². The molecule has 144 valence electrons. The monoisotopic (exact) mass is 371 g/mol. The number of morpholine rings is 1. The van der Waals surface area contributed by atoms with Gasteiger partial charge in [-0.2, -0.15) is 0 Å². The van der Waals surface area contributed by atoms with E-state index in [1.165, 1.54) is 17.7 Å². The van der Waals surface area contributed by atoms with Crippen LogP contribution in [-0.4, -0.2) is 43.8 Å². The summed E-state index contributed by atoms with van der Waals surface area (Å²) in [7, 11) is 0. The number of carbonyl (C=O) groups is 1. The Balaban J connectivity index is 1.35. The number of aryl methyl sites for hydroxylation is 1. The van der Waals surface area contributed by atoms with Crippen molar-refractivity contribution in [1.29, 1.82) is 0 Å². The normalized spacial score (nSPS) is 14.7. The van der Waals surface area contributed by atoms with E-state index in [4.69, 9.17) is 4.74 Å². The van der Waals surface area contributed by atoms with Crippen molar-refractivity contribution < 1.29 is 13.9 Å². The Morgan fingerprint density at radius 1 is 1.00 bits per heavy atom. The topological polar surface area (TPSA) is 53.6 Å². The standard InChI is InChI=1S/C21H26FN3O2/c22-19-7-3-17(4-8-19)2-1-11-23-21(26)24-20-9-5-18(6-10-20)16-25-12-14-27-15-13-25/h3-10H,1-2,11-16H2,(H2,23,24,26). The number of urea groups is 1. The fourth-order valence-electron chi connectivity index (χ4n) is 3.03. The third kappa shape index (κ3) is 6.66. The first-order valence-electron chi connectivity index (χ1n) is 9.37. The Bertz CT molecular complexity index is 713. The molecule has 1 fully saturated rings. The van der Waals surface area contributed by atoms with Gasteiger partial charge in [-0.25, -0.2) is 9.18 Å². The number of amides is 2. The van der Waals surface area contributed by atoms with E-state index >= 15 is 0 Å². The highest BCUT2D eigenvalue weighted by Crippen LogP contribution is 2.12. The second-order valence-electron chi connectivity index (χ2n) is 6.70. The number of hydrogen-bond donors (Lipinski definition) is 2. The molecule has 0 atom stereocenters. The zero-order valence-corrected chi connectivity index (χ0v) is 15.4. The molecule has 2 aromatic rings. The van der Waals surface area contributed by atoms with Crippen LogP contribution >= 0.6 is 0 Å². The lowest BCUT2D eigenvalue weighted by molar-refractivity contribution is 0.0342. The molecule has 1 heterocycles. The number of nitrogens with one attached hydrogen (secondary N) is 2. The molecular weight excluding hydrogens is 345 g/mol. The molecule has 1 aliphatic heterocycles. The van der Waals surface area contributed by atoms with Crippen molar-refractivity contribution in [2.45, 2.75) is 19.4 Å². The molecule has 1 aliphatic rings. The number of halogens is 1. The van der Waals surface area contributed by atoms with E-state index in [2.05, 4.69) is 15.5 Å². The van der Waals surface area contributed by atoms with E-state index in [-0.39, 0.29) is 11.8 Å². The van der Waals surface area contributed by atoms with Crippen molar-refractivity contribution in [2.24, 2.45) is 0 Å². The number of ether oxygens (including phenoxy) is 1. The summed E-state index contributed by atoms with van der Waals surface area (Å²) in [6, 6.07) is 14.2. The molecule has 5 nitrogen and oxygen atoms in total. The Hall–Kier alpha value is -2.44. The maximum atomic E-state index is 12.9. The number of carbonyl (C=O) groups excluding carboxylic acids is 1. The van der Waals surface area contributed by atoms with E-state index in [9.17, 15) is 9.18 Å². The number of rotatable bonds is 7. The Morgan fingerprint density at radius 3 is 2.37 bits per heavy atom. The summed E-state index contributed by atoms with van der Waals surface area (Å²) >= 11 is 0. The zero-order valence-electron chi connectivity index (χ0n) is 15.4. The lowest BCUT2D eigenvalue weighted by Crippen LogP contribution is -2.35. The highest BCUT2D eigenvalue weighted by molar-refractivity contribution is 5.89. The maximum absolute atomic E-state index is 12.9. The van der Waals surface area contributed by atoms with E-state index in [1.807, 2.05) is 24.3 Å². The van der Waals surface area contributed by atoms with Crippen LogP contribution in [0, 0.1) is 5.82 Å². The quantitative estimate of drug-likeness (QED) is 0.734. The van der Waals surface area contributed by atoms with Crippen LogP contribution in [0.15, 0.2) is 48.5 Å². The highest BCUT2D eigenvalue weighted by Gasteiger charge is 2.10. The van der Waals surface area contributed by atoms with Gasteiger partial charge in [0.15, 0.2) is 0 Å². The van der Waals surface area contributed by atoms with Gasteiger partial charge < -0.3 is 15.4 Å². The highest BCUT2D eigenvalue weighted by atomic mass is 19.1. The summed E-state index contributed by atoms with van der Waals surface area (Å²) < 4.78 is 18.2. The molecule has 0 aromatic heterocycles. The summed E-state index contributed by atoms with van der Waals surface area (Å²) in [5, 5.41) is 5.69. The molecule has 0 saturated carbocycles. The van der Waals surface area contributed by atoms with Crippen LogP contribution in [0.4, 0.5) is 14.9 Å². The first kappa shape index (κ1) is 19.3. The second-order valence-corrected chi connectivity index (χ2v) is 6.70. The zero-order chi connectivity index (χ0) is 18.9. The van der Waals surface area contributed by atoms with E-state index in [1.54, 1.807) is 12.1 Å². The summed E-state index contributed by atoms with van der Waals surface area (Å²) in [5.41, 5.74) is 3.06. The fourth-order valence-corrected chi connectivity index (χ4v) is 3.03. The first-order chi connectivity index (χ1) is 13.2. The first-order valence-corrected chi connectivity index (χ1v) is 9.37. The van der Waals surface area contributed by atoms with Crippen molar-refractivity contribution in [2.75, 3.05) is 38.2 Å². The van der Waals surface area contributed by atoms with Gasteiger partial charge in [0.1, 0.15) is 5.82 Å². The van der Waals surface area contributed by atoms with Crippen molar-refractivity contribution in [3.63, 3.8) is 0 Å². The summed E-state index contributed by atoms with van der Waals surface area (Å²) in [5.74, 6) is -0.229. The molecule has 0 radical (unpaired) electrons. The Morgan fingerprint density at radius 2 is 1.67 bits per heavy atom. The third-order valence-corrected chi connectivity index (χ3v) is 4.56. The van der Waals surface area contributed by atoms with Gasteiger partial charge in [0.25, 0.3) is 0 Å². The molecule has 0 aliphatic carbocycles. The molecule has 0 spiro atoms. The molecule has 2 aromatic carbocycles. The molecule has 2 N–H and O–H groups in total. The van der Waals surface area contributed by atoms with Crippen molar-refractivity contribution in [3.8, 4) is 0 Å². The van der Waals surface area contributed by atoms with Gasteiger partial charge >= 0.3 is 6.03 Å². The predicted molar refractivity (Wildman–Crippen MR) is 104 cm³/mol. The second kappa shape index (κ2) is 10.0. The molecule has 1 saturated heterocycles.